The number of hydrogen-bond acceptors (Lipinski definition) is 5. The van der Waals surface area contributed by atoms with Gasteiger partial charge in [0.25, 0.3) is 0 Å². The zero-order valence-electron chi connectivity index (χ0n) is 16.1. The second-order valence-electron chi connectivity index (χ2n) is 6.66. The van der Waals surface area contributed by atoms with E-state index in [0.717, 1.165) is 11.3 Å². The molecular weight excluding hydrogens is 332 g/mol. The number of ether oxygens (including phenoxy) is 2. The highest BCUT2D eigenvalue weighted by atomic mass is 16.5. The molecule has 1 heterocycles. The predicted octanol–water partition coefficient (Wildman–Crippen LogP) is 2.32. The van der Waals surface area contributed by atoms with Gasteiger partial charge in [0.15, 0.2) is 0 Å². The first-order chi connectivity index (χ1) is 12.5. The van der Waals surface area contributed by atoms with E-state index >= 15 is 0 Å². The summed E-state index contributed by atoms with van der Waals surface area (Å²) in [7, 11) is 1.94. The van der Waals surface area contributed by atoms with E-state index in [0.29, 0.717) is 52.2 Å². The van der Waals surface area contributed by atoms with Crippen molar-refractivity contribution in [2.75, 3.05) is 39.9 Å². The van der Waals surface area contributed by atoms with E-state index in [4.69, 9.17) is 9.47 Å². The standard InChI is InChI=1S/C20H30N2O4/c1-4-25-18-8-6-16(7-9-18)14-21(3)15-19(23)22-12-10-17(11-13-22)20(24)26-5-2/h6-9,17H,4-5,10-15H2,1-3H3. The molecule has 6 nitrogen and oxygen atoms in total. The molecule has 144 valence electrons. The van der Waals surface area contributed by atoms with Crippen molar-refractivity contribution in [3.05, 3.63) is 29.8 Å². The summed E-state index contributed by atoms with van der Waals surface area (Å²) in [6, 6.07) is 7.96. The van der Waals surface area contributed by atoms with Gasteiger partial charge in [0, 0.05) is 19.6 Å². The number of carbonyl (C=O) groups excluding carboxylic acids is 2. The molecule has 0 aliphatic carbocycles. The smallest absolute Gasteiger partial charge is 0.309 e. The van der Waals surface area contributed by atoms with Crippen LogP contribution in [0.25, 0.3) is 0 Å². The second kappa shape index (κ2) is 10.2. The largest absolute Gasteiger partial charge is 0.494 e. The van der Waals surface area contributed by atoms with Gasteiger partial charge in [-0.1, -0.05) is 12.1 Å². The van der Waals surface area contributed by atoms with E-state index in [1.54, 1.807) is 0 Å². The maximum absolute atomic E-state index is 12.5. The molecule has 0 bridgehead atoms. The second-order valence-corrected chi connectivity index (χ2v) is 6.66. The number of hydrogen-bond donors (Lipinski definition) is 0. The van der Waals surface area contributed by atoms with Crippen LogP contribution in [0.2, 0.25) is 0 Å². The summed E-state index contributed by atoms with van der Waals surface area (Å²) in [5, 5.41) is 0. The number of benzene rings is 1. The third-order valence-corrected chi connectivity index (χ3v) is 4.56. The molecule has 1 aliphatic rings. The number of rotatable bonds is 8. The summed E-state index contributed by atoms with van der Waals surface area (Å²) in [5.74, 6) is 0.771. The molecule has 0 aromatic heterocycles. The summed E-state index contributed by atoms with van der Waals surface area (Å²) in [4.78, 5) is 28.1. The molecular formula is C20H30N2O4. The average molecular weight is 362 g/mol. The molecule has 1 saturated heterocycles. The van der Waals surface area contributed by atoms with Gasteiger partial charge in [-0.25, -0.2) is 0 Å². The first-order valence-electron chi connectivity index (χ1n) is 9.38. The van der Waals surface area contributed by atoms with Crippen LogP contribution >= 0.6 is 0 Å². The Kier molecular flexibility index (Phi) is 7.91. The third kappa shape index (κ3) is 6.02. The van der Waals surface area contributed by atoms with Crippen LogP contribution in [0.4, 0.5) is 0 Å². The first kappa shape index (κ1) is 20.2. The number of carbonyl (C=O) groups is 2. The molecule has 0 saturated carbocycles. The van der Waals surface area contributed by atoms with Crippen molar-refractivity contribution < 1.29 is 19.1 Å². The molecule has 0 radical (unpaired) electrons. The Morgan fingerprint density at radius 1 is 1.12 bits per heavy atom. The van der Waals surface area contributed by atoms with Crippen LogP contribution in [0.1, 0.15) is 32.3 Å². The quantitative estimate of drug-likeness (QED) is 0.664. The molecule has 1 fully saturated rings. The first-order valence-corrected chi connectivity index (χ1v) is 9.38. The van der Waals surface area contributed by atoms with E-state index in [-0.39, 0.29) is 17.8 Å². The number of likely N-dealkylation sites (N-methyl/N-ethyl adjacent to an activating group) is 1. The minimum atomic E-state index is -0.132. The van der Waals surface area contributed by atoms with Crippen LogP contribution in [0, 0.1) is 5.92 Å². The van der Waals surface area contributed by atoms with E-state index in [2.05, 4.69) is 0 Å². The minimum Gasteiger partial charge on any atom is -0.494 e. The zero-order valence-corrected chi connectivity index (χ0v) is 16.1. The summed E-state index contributed by atoms with van der Waals surface area (Å²) >= 11 is 0. The number of likely N-dealkylation sites (tertiary alicyclic amines) is 1. The van der Waals surface area contributed by atoms with Gasteiger partial charge in [-0.05, 0) is 51.4 Å². The lowest BCUT2D eigenvalue weighted by Crippen LogP contribution is -2.44. The maximum atomic E-state index is 12.5. The number of nitrogens with zero attached hydrogens (tertiary/aromatic N) is 2. The van der Waals surface area contributed by atoms with Crippen LogP contribution < -0.4 is 4.74 Å². The molecule has 1 aliphatic heterocycles. The van der Waals surface area contributed by atoms with Crippen LogP contribution in [0.15, 0.2) is 24.3 Å². The lowest BCUT2D eigenvalue weighted by molar-refractivity contribution is -0.151. The summed E-state index contributed by atoms with van der Waals surface area (Å²) in [6.07, 6.45) is 1.38. The van der Waals surface area contributed by atoms with Crippen molar-refractivity contribution in [3.63, 3.8) is 0 Å². The topological polar surface area (TPSA) is 59.1 Å². The molecule has 0 spiro atoms. The average Bonchev–Trinajstić information content (AvgIpc) is 2.64. The maximum Gasteiger partial charge on any atom is 0.309 e. The Bertz CT molecular complexity index is 580. The van der Waals surface area contributed by atoms with Crippen LogP contribution in [-0.4, -0.2) is 61.6 Å². The fraction of sp³-hybridized carbons (Fsp3) is 0.600. The van der Waals surface area contributed by atoms with Gasteiger partial charge in [-0.3, -0.25) is 14.5 Å². The Hall–Kier alpha value is -2.08. The number of piperidine rings is 1. The Morgan fingerprint density at radius 2 is 1.77 bits per heavy atom. The Labute approximate surface area is 156 Å². The molecule has 0 N–H and O–H groups in total. The van der Waals surface area contributed by atoms with E-state index in [1.165, 1.54) is 0 Å². The highest BCUT2D eigenvalue weighted by Gasteiger charge is 2.28. The van der Waals surface area contributed by atoms with Gasteiger partial charge in [0.05, 0.1) is 25.7 Å². The predicted molar refractivity (Wildman–Crippen MR) is 99.9 cm³/mol. The Morgan fingerprint density at radius 3 is 2.35 bits per heavy atom. The monoisotopic (exact) mass is 362 g/mol. The summed E-state index contributed by atoms with van der Waals surface area (Å²) in [5.41, 5.74) is 1.14. The number of esters is 1. The normalized spacial score (nSPS) is 15.2. The van der Waals surface area contributed by atoms with Crippen molar-refractivity contribution in [2.24, 2.45) is 5.92 Å². The highest BCUT2D eigenvalue weighted by molar-refractivity contribution is 5.79. The van der Waals surface area contributed by atoms with Crippen LogP contribution in [0.3, 0.4) is 0 Å². The van der Waals surface area contributed by atoms with Gasteiger partial charge < -0.3 is 14.4 Å². The fourth-order valence-electron chi connectivity index (χ4n) is 3.18. The highest BCUT2D eigenvalue weighted by Crippen LogP contribution is 2.19. The van der Waals surface area contributed by atoms with Crippen molar-refractivity contribution in [3.8, 4) is 5.75 Å². The van der Waals surface area contributed by atoms with Crippen LogP contribution in [-0.2, 0) is 20.9 Å². The molecule has 1 aromatic rings. The fourth-order valence-corrected chi connectivity index (χ4v) is 3.18. The molecule has 1 aromatic carbocycles. The van der Waals surface area contributed by atoms with Crippen molar-refractivity contribution >= 4 is 11.9 Å². The van der Waals surface area contributed by atoms with Crippen molar-refractivity contribution in [1.29, 1.82) is 0 Å². The van der Waals surface area contributed by atoms with E-state index in [9.17, 15) is 9.59 Å². The number of amides is 1. The molecule has 0 atom stereocenters. The van der Waals surface area contributed by atoms with E-state index < -0.39 is 0 Å². The zero-order chi connectivity index (χ0) is 18.9. The minimum absolute atomic E-state index is 0.0689. The van der Waals surface area contributed by atoms with Crippen molar-refractivity contribution in [2.45, 2.75) is 33.2 Å². The van der Waals surface area contributed by atoms with Gasteiger partial charge in [0.1, 0.15) is 5.75 Å². The molecule has 0 unspecified atom stereocenters. The van der Waals surface area contributed by atoms with Gasteiger partial charge in [-0.15, -0.1) is 0 Å². The van der Waals surface area contributed by atoms with Crippen molar-refractivity contribution in [1.82, 2.24) is 9.80 Å². The van der Waals surface area contributed by atoms with Gasteiger partial charge >= 0.3 is 5.97 Å². The van der Waals surface area contributed by atoms with Gasteiger partial charge in [0.2, 0.25) is 5.91 Å². The summed E-state index contributed by atoms with van der Waals surface area (Å²) in [6.45, 7) is 7.17. The lowest BCUT2D eigenvalue weighted by atomic mass is 9.97. The lowest BCUT2D eigenvalue weighted by Gasteiger charge is -2.32. The molecule has 26 heavy (non-hydrogen) atoms. The Balaban J connectivity index is 1.76. The molecule has 6 heteroatoms. The SMILES string of the molecule is CCOC(=O)C1CCN(C(=O)CN(C)Cc2ccc(OCC)cc2)CC1. The third-order valence-electron chi connectivity index (χ3n) is 4.56. The van der Waals surface area contributed by atoms with Gasteiger partial charge in [-0.2, -0.15) is 0 Å². The molecule has 2 rings (SSSR count). The molecule has 1 amide bonds. The van der Waals surface area contributed by atoms with Crippen LogP contribution in [0.5, 0.6) is 5.75 Å². The van der Waals surface area contributed by atoms with E-state index in [1.807, 2.05) is 55.0 Å². The summed E-state index contributed by atoms with van der Waals surface area (Å²) < 4.78 is 10.5.